The van der Waals surface area contributed by atoms with Gasteiger partial charge in [-0.15, -0.1) is 23.1 Å². The molecule has 2 amide bonds. The summed E-state index contributed by atoms with van der Waals surface area (Å²) in [7, 11) is 1.93. The van der Waals surface area contributed by atoms with Gasteiger partial charge in [0, 0.05) is 45.3 Å². The van der Waals surface area contributed by atoms with Gasteiger partial charge in [0.2, 0.25) is 11.5 Å². The largest absolute Gasteiger partial charge is 0.477 e. The fourth-order valence-electron chi connectivity index (χ4n) is 3.74. The first-order chi connectivity index (χ1) is 18.8. The Morgan fingerprint density at radius 1 is 1.36 bits per heavy atom. The number of carboxylic acid groups (broad SMARTS) is 1. The number of pyridine rings is 1. The zero-order valence-electron chi connectivity index (χ0n) is 20.4. The molecule has 0 aliphatic carbocycles. The minimum atomic E-state index is -1.23. The summed E-state index contributed by atoms with van der Waals surface area (Å²) in [5.41, 5.74) is 7.02. The summed E-state index contributed by atoms with van der Waals surface area (Å²) in [5.74, 6) is -2.21. The molecular formula is C22H21N8O5S4+. The number of carboxylic acids is 1. The fourth-order valence-corrected chi connectivity index (χ4v) is 7.63. The van der Waals surface area contributed by atoms with Gasteiger partial charge in [-0.05, 0) is 6.92 Å². The number of anilines is 1. The second kappa shape index (κ2) is 11.3. The third-order valence-corrected chi connectivity index (χ3v) is 9.57. The van der Waals surface area contributed by atoms with Gasteiger partial charge in [0.25, 0.3) is 11.8 Å². The topological polar surface area (TPSA) is 177 Å². The molecule has 2 aliphatic rings. The van der Waals surface area contributed by atoms with E-state index in [9.17, 15) is 19.5 Å². The van der Waals surface area contributed by atoms with Gasteiger partial charge >= 0.3 is 5.97 Å². The van der Waals surface area contributed by atoms with E-state index in [1.54, 1.807) is 6.92 Å². The first-order valence-corrected chi connectivity index (χ1v) is 14.9. The first-order valence-electron chi connectivity index (χ1n) is 11.4. The number of nitrogens with one attached hydrogen (secondary N) is 1. The molecule has 202 valence electrons. The van der Waals surface area contributed by atoms with Gasteiger partial charge in [-0.25, -0.2) is 14.3 Å². The molecule has 1 fully saturated rings. The predicted molar refractivity (Wildman–Crippen MR) is 147 cm³/mol. The van der Waals surface area contributed by atoms with Crippen molar-refractivity contribution in [1.82, 2.24) is 24.6 Å². The number of thioether (sulfide) groups is 2. The van der Waals surface area contributed by atoms with Crippen molar-refractivity contribution >= 4 is 75.0 Å². The molecule has 1 saturated heterocycles. The second-order valence-electron chi connectivity index (χ2n) is 8.10. The average molecular weight is 606 g/mol. The van der Waals surface area contributed by atoms with E-state index in [2.05, 4.69) is 24.8 Å². The molecule has 0 saturated carbocycles. The van der Waals surface area contributed by atoms with Crippen molar-refractivity contribution in [3.8, 4) is 11.3 Å². The maximum atomic E-state index is 13.1. The Hall–Kier alpha value is -3.54. The van der Waals surface area contributed by atoms with Gasteiger partial charge in [-0.3, -0.25) is 14.5 Å². The molecule has 4 N–H and O–H groups in total. The Balaban J connectivity index is 1.32. The highest BCUT2D eigenvalue weighted by atomic mass is 32.2. The molecule has 5 heterocycles. The fraction of sp³-hybridized carbons (Fsp3) is 0.273. The number of nitrogens with zero attached hydrogens (tertiary/aromatic N) is 6. The molecule has 0 aromatic carbocycles. The lowest BCUT2D eigenvalue weighted by atomic mass is 10.0. The van der Waals surface area contributed by atoms with E-state index in [1.807, 2.05) is 41.5 Å². The van der Waals surface area contributed by atoms with E-state index in [1.165, 1.54) is 39.8 Å². The Bertz CT molecular complexity index is 1500. The van der Waals surface area contributed by atoms with Crippen LogP contribution >= 0.6 is 46.4 Å². The molecule has 13 nitrogen and oxygen atoms in total. The number of rotatable bonds is 9. The van der Waals surface area contributed by atoms with Crippen LogP contribution in [0, 0.1) is 0 Å². The van der Waals surface area contributed by atoms with Gasteiger partial charge < -0.3 is 21.0 Å². The van der Waals surface area contributed by atoms with E-state index in [0.29, 0.717) is 15.0 Å². The molecule has 0 spiro atoms. The minimum absolute atomic E-state index is 0.0274. The highest BCUT2D eigenvalue weighted by Gasteiger charge is 2.54. The molecule has 39 heavy (non-hydrogen) atoms. The Morgan fingerprint density at radius 3 is 2.79 bits per heavy atom. The number of carbonyl (C=O) groups excluding carboxylic acids is 2. The zero-order chi connectivity index (χ0) is 27.7. The van der Waals surface area contributed by atoms with Crippen molar-refractivity contribution in [3.63, 3.8) is 0 Å². The molecule has 0 radical (unpaired) electrons. The third-order valence-electron chi connectivity index (χ3n) is 5.54. The van der Waals surface area contributed by atoms with Crippen molar-refractivity contribution in [1.29, 1.82) is 0 Å². The van der Waals surface area contributed by atoms with Gasteiger partial charge in [-0.1, -0.05) is 16.9 Å². The first kappa shape index (κ1) is 27.0. The normalized spacial score (nSPS) is 19.0. The van der Waals surface area contributed by atoms with Crippen molar-refractivity contribution in [3.05, 3.63) is 46.3 Å². The predicted octanol–water partition coefficient (Wildman–Crippen LogP) is 1.30. The summed E-state index contributed by atoms with van der Waals surface area (Å²) in [6, 6.07) is 2.94. The number of fused-ring (bicyclic) bond motifs is 1. The number of amides is 2. The Morgan fingerprint density at radius 2 is 2.13 bits per heavy atom. The summed E-state index contributed by atoms with van der Waals surface area (Å²) in [4.78, 5) is 53.7. The summed E-state index contributed by atoms with van der Waals surface area (Å²) >= 11 is 4.86. The standard InChI is InChI=1S/C22H20N8O5S4/c1-3-35-27-13(16-26-21(23)39-28-16)17(31)25-14-18(32)30-15(20(33)34)12(9-36-19(14)30)38-22-24-11(8-37-22)10-4-6-29(2)7-5-10/h4-8,14,19H,3,9H2,1-2H3,(H3-,23,25,26,28,31,33,34)/p+1/b27-13-/t14?,19-/m1/s1. The van der Waals surface area contributed by atoms with E-state index in [0.717, 1.165) is 22.8 Å². The number of aliphatic carboxylic acids is 1. The summed E-state index contributed by atoms with van der Waals surface area (Å²) < 4.78 is 6.57. The van der Waals surface area contributed by atoms with Crippen LogP contribution in [0.2, 0.25) is 0 Å². The van der Waals surface area contributed by atoms with Crippen molar-refractivity contribution in [2.75, 3.05) is 18.1 Å². The molecule has 1 unspecified atom stereocenters. The Kier molecular flexibility index (Phi) is 7.83. The maximum absolute atomic E-state index is 13.1. The van der Waals surface area contributed by atoms with Crippen LogP contribution in [-0.4, -0.2) is 71.6 Å². The average Bonchev–Trinajstić information content (AvgIpc) is 3.56. The number of nitrogens with two attached hydrogens (primary N) is 1. The minimum Gasteiger partial charge on any atom is -0.477 e. The number of aromatic nitrogens is 4. The number of β-lactam (4-membered cyclic amide) rings is 1. The van der Waals surface area contributed by atoms with Crippen LogP contribution < -0.4 is 15.6 Å². The van der Waals surface area contributed by atoms with E-state index in [-0.39, 0.29) is 29.0 Å². The van der Waals surface area contributed by atoms with Crippen LogP contribution in [0.4, 0.5) is 5.13 Å². The highest BCUT2D eigenvalue weighted by molar-refractivity contribution is 8.07. The maximum Gasteiger partial charge on any atom is 0.353 e. The van der Waals surface area contributed by atoms with Crippen molar-refractivity contribution in [2.24, 2.45) is 12.2 Å². The van der Waals surface area contributed by atoms with Crippen LogP contribution in [0.1, 0.15) is 12.7 Å². The Labute approximate surface area is 238 Å². The van der Waals surface area contributed by atoms with Gasteiger partial charge in [-0.2, -0.15) is 9.36 Å². The summed E-state index contributed by atoms with van der Waals surface area (Å²) in [6.45, 7) is 1.89. The molecule has 5 rings (SSSR count). The van der Waals surface area contributed by atoms with E-state index in [4.69, 9.17) is 10.6 Å². The number of hydrogen-bond donors (Lipinski definition) is 3. The van der Waals surface area contributed by atoms with Gasteiger partial charge in [0.05, 0.1) is 5.69 Å². The van der Waals surface area contributed by atoms with Crippen LogP contribution in [0.5, 0.6) is 0 Å². The number of oxime groups is 1. The lowest BCUT2D eigenvalue weighted by molar-refractivity contribution is -0.671. The lowest BCUT2D eigenvalue weighted by Gasteiger charge is -2.49. The van der Waals surface area contributed by atoms with E-state index >= 15 is 0 Å². The molecule has 2 atom stereocenters. The van der Waals surface area contributed by atoms with Crippen LogP contribution in [-0.2, 0) is 26.3 Å². The molecular weight excluding hydrogens is 585 g/mol. The zero-order valence-corrected chi connectivity index (χ0v) is 23.7. The van der Waals surface area contributed by atoms with Crippen LogP contribution in [0.3, 0.4) is 0 Å². The summed E-state index contributed by atoms with van der Waals surface area (Å²) in [5, 5.41) is 17.8. The number of nitrogen functional groups attached to an aromatic ring is 1. The smallest absolute Gasteiger partial charge is 0.353 e. The summed E-state index contributed by atoms with van der Waals surface area (Å²) in [6.07, 6.45) is 3.84. The molecule has 3 aromatic heterocycles. The van der Waals surface area contributed by atoms with Crippen LogP contribution in [0.25, 0.3) is 11.3 Å². The quantitative estimate of drug-likeness (QED) is 0.139. The second-order valence-corrected chi connectivity index (χ2v) is 12.2. The van der Waals surface area contributed by atoms with Gasteiger partial charge in [0.15, 0.2) is 21.9 Å². The molecule has 17 heteroatoms. The molecule has 0 bridgehead atoms. The SMILES string of the molecule is CCO/N=C(\C(=O)NC1C(=O)N2C(C(=O)O)=C(Sc3nc(-c4cc[n+](C)cc4)cs3)CS[C@H]12)c1nsc(N)n1. The number of hydrogen-bond acceptors (Lipinski definition) is 13. The van der Waals surface area contributed by atoms with Crippen molar-refractivity contribution in [2.45, 2.75) is 22.7 Å². The number of carbonyl (C=O) groups is 3. The van der Waals surface area contributed by atoms with E-state index < -0.39 is 29.2 Å². The number of thiazole rings is 1. The third kappa shape index (κ3) is 5.47. The molecule has 2 aliphatic heterocycles. The highest BCUT2D eigenvalue weighted by Crippen LogP contribution is 2.46. The van der Waals surface area contributed by atoms with Crippen LogP contribution in [0.15, 0.2) is 50.0 Å². The van der Waals surface area contributed by atoms with Gasteiger partial charge in [0.1, 0.15) is 30.8 Å². The number of aryl methyl sites for hydroxylation is 1. The monoisotopic (exact) mass is 605 g/mol. The molecule has 3 aromatic rings. The van der Waals surface area contributed by atoms with Crippen molar-refractivity contribution < 1.29 is 28.9 Å². The lowest BCUT2D eigenvalue weighted by Crippen LogP contribution is -2.71.